The van der Waals surface area contributed by atoms with Crippen molar-refractivity contribution in [3.05, 3.63) is 53.5 Å². The van der Waals surface area contributed by atoms with Crippen LogP contribution >= 0.6 is 0 Å². The summed E-state index contributed by atoms with van der Waals surface area (Å²) in [5, 5.41) is 11.8. The van der Waals surface area contributed by atoms with Gasteiger partial charge in [-0.1, -0.05) is 6.07 Å². The zero-order chi connectivity index (χ0) is 20.1. The molecule has 2 aromatic rings. The normalized spacial score (nSPS) is 15.6. The molecule has 2 heterocycles. The van der Waals surface area contributed by atoms with Gasteiger partial charge in [0.25, 0.3) is 0 Å². The first-order chi connectivity index (χ1) is 13.5. The molecule has 1 aromatic carbocycles. The van der Waals surface area contributed by atoms with E-state index in [-0.39, 0.29) is 23.6 Å². The van der Waals surface area contributed by atoms with Crippen molar-refractivity contribution in [3.63, 3.8) is 0 Å². The highest BCUT2D eigenvalue weighted by Gasteiger charge is 2.26. The van der Waals surface area contributed by atoms with E-state index < -0.39 is 5.82 Å². The molecule has 6 nitrogen and oxygen atoms in total. The third kappa shape index (κ3) is 4.39. The molecule has 1 saturated heterocycles. The van der Waals surface area contributed by atoms with E-state index in [4.69, 9.17) is 10.00 Å². The van der Waals surface area contributed by atoms with Crippen molar-refractivity contribution in [2.45, 2.75) is 25.8 Å². The summed E-state index contributed by atoms with van der Waals surface area (Å²) in [4.78, 5) is 19.0. The molecule has 7 heteroatoms. The van der Waals surface area contributed by atoms with Crippen LogP contribution in [0.15, 0.2) is 36.5 Å². The Kier molecular flexibility index (Phi) is 6.09. The molecule has 3 rings (SSSR count). The fourth-order valence-electron chi connectivity index (χ4n) is 3.38. The van der Waals surface area contributed by atoms with Gasteiger partial charge in [-0.3, -0.25) is 4.79 Å². The van der Waals surface area contributed by atoms with Gasteiger partial charge in [0, 0.05) is 25.2 Å². The highest BCUT2D eigenvalue weighted by atomic mass is 19.1. The fraction of sp³-hybridized carbons (Fsp3) is 0.381. The van der Waals surface area contributed by atoms with Gasteiger partial charge in [0.05, 0.1) is 18.7 Å². The van der Waals surface area contributed by atoms with Gasteiger partial charge >= 0.3 is 0 Å². The number of carbonyl (C=O) groups excluding carboxylic acids is 1. The fourth-order valence-corrected chi connectivity index (χ4v) is 3.38. The van der Waals surface area contributed by atoms with Gasteiger partial charge < -0.3 is 15.0 Å². The molecule has 0 spiro atoms. The second-order valence-electron chi connectivity index (χ2n) is 6.90. The second kappa shape index (κ2) is 8.70. The first-order valence-electron chi connectivity index (χ1n) is 9.26. The molecule has 1 fully saturated rings. The summed E-state index contributed by atoms with van der Waals surface area (Å²) in [5.41, 5.74) is 1.23. The zero-order valence-corrected chi connectivity index (χ0v) is 16.0. The summed E-state index contributed by atoms with van der Waals surface area (Å²) in [6, 6.07) is 10.1. The number of ether oxygens (including phenoxy) is 1. The number of piperidine rings is 1. The van der Waals surface area contributed by atoms with E-state index in [1.165, 1.54) is 13.2 Å². The maximum Gasteiger partial charge on any atom is 0.223 e. The summed E-state index contributed by atoms with van der Waals surface area (Å²) in [5.74, 6) is 0.464. The monoisotopic (exact) mass is 382 g/mol. The number of pyridine rings is 1. The van der Waals surface area contributed by atoms with Crippen LogP contribution in [0.25, 0.3) is 0 Å². The summed E-state index contributed by atoms with van der Waals surface area (Å²) < 4.78 is 18.8. The molecular formula is C21H23FN4O2. The number of nitriles is 1. The Morgan fingerprint density at radius 3 is 2.68 bits per heavy atom. The van der Waals surface area contributed by atoms with Crippen LogP contribution in [-0.4, -0.2) is 31.1 Å². The average molecular weight is 382 g/mol. The molecule has 0 saturated carbocycles. The van der Waals surface area contributed by atoms with Crippen molar-refractivity contribution in [2.75, 3.05) is 25.1 Å². The quantitative estimate of drug-likeness (QED) is 0.859. The highest BCUT2D eigenvalue weighted by Crippen LogP contribution is 2.25. The van der Waals surface area contributed by atoms with E-state index in [1.54, 1.807) is 24.4 Å². The van der Waals surface area contributed by atoms with Gasteiger partial charge in [0.2, 0.25) is 5.91 Å². The minimum atomic E-state index is -0.440. The Morgan fingerprint density at radius 2 is 2.11 bits per heavy atom. The van der Waals surface area contributed by atoms with Gasteiger partial charge in [0.1, 0.15) is 11.9 Å². The predicted octanol–water partition coefficient (Wildman–Crippen LogP) is 3.19. The lowest BCUT2D eigenvalue weighted by atomic mass is 9.95. The number of nitrogens with zero attached hydrogens (tertiary/aromatic N) is 3. The molecule has 0 bridgehead atoms. The van der Waals surface area contributed by atoms with Crippen molar-refractivity contribution >= 4 is 11.7 Å². The van der Waals surface area contributed by atoms with Crippen LogP contribution in [0.5, 0.6) is 5.75 Å². The Labute approximate surface area is 163 Å². The van der Waals surface area contributed by atoms with Crippen LogP contribution in [0.4, 0.5) is 10.2 Å². The lowest BCUT2D eigenvalue weighted by Gasteiger charge is -2.32. The van der Waals surface area contributed by atoms with E-state index in [1.807, 2.05) is 13.0 Å². The molecule has 1 N–H and O–H groups in total. The van der Waals surface area contributed by atoms with Gasteiger partial charge in [-0.2, -0.15) is 5.26 Å². The van der Waals surface area contributed by atoms with Crippen LogP contribution in [0.3, 0.4) is 0 Å². The third-order valence-corrected chi connectivity index (χ3v) is 5.10. The number of rotatable bonds is 5. The molecule has 0 unspecified atom stereocenters. The molecule has 1 atom stereocenters. The highest BCUT2D eigenvalue weighted by molar-refractivity contribution is 5.79. The van der Waals surface area contributed by atoms with E-state index in [9.17, 15) is 9.18 Å². The maximum absolute atomic E-state index is 13.9. The Morgan fingerprint density at radius 1 is 1.36 bits per heavy atom. The van der Waals surface area contributed by atoms with Gasteiger partial charge in [0.15, 0.2) is 11.6 Å². The molecule has 1 aromatic heterocycles. The van der Waals surface area contributed by atoms with Crippen LogP contribution < -0.4 is 15.0 Å². The summed E-state index contributed by atoms with van der Waals surface area (Å²) in [7, 11) is 1.42. The maximum atomic E-state index is 13.9. The summed E-state index contributed by atoms with van der Waals surface area (Å²) >= 11 is 0. The van der Waals surface area contributed by atoms with Crippen molar-refractivity contribution in [1.29, 1.82) is 5.26 Å². The Bertz CT molecular complexity index is 871. The van der Waals surface area contributed by atoms with Crippen molar-refractivity contribution < 1.29 is 13.9 Å². The standard InChI is InChI=1S/C21H23FN4O2/c1-14(17-4-5-19(28-2)18(22)11-17)25-21(27)16-7-9-26(10-8-16)20-6-3-15(12-23)13-24-20/h3-6,11,13-14,16H,7-10H2,1-2H3,(H,25,27)/t14-/m1/s1. The minimum Gasteiger partial charge on any atom is -0.494 e. The van der Waals surface area contributed by atoms with Gasteiger partial charge in [-0.25, -0.2) is 9.37 Å². The number of nitrogens with one attached hydrogen (secondary N) is 1. The number of halogens is 1. The number of methoxy groups -OCH3 is 1. The molecule has 1 amide bonds. The first-order valence-corrected chi connectivity index (χ1v) is 9.26. The Hall–Kier alpha value is -3.14. The number of carbonyl (C=O) groups is 1. The third-order valence-electron chi connectivity index (χ3n) is 5.10. The Balaban J connectivity index is 1.54. The number of benzene rings is 1. The summed E-state index contributed by atoms with van der Waals surface area (Å²) in [6.07, 6.45) is 3.00. The summed E-state index contributed by atoms with van der Waals surface area (Å²) in [6.45, 7) is 3.29. The van der Waals surface area contributed by atoms with E-state index in [0.29, 0.717) is 11.1 Å². The number of hydrogen-bond acceptors (Lipinski definition) is 5. The van der Waals surface area contributed by atoms with Crippen LogP contribution in [-0.2, 0) is 4.79 Å². The van der Waals surface area contributed by atoms with E-state index in [2.05, 4.69) is 21.3 Å². The number of aromatic nitrogens is 1. The van der Waals surface area contributed by atoms with Gasteiger partial charge in [-0.15, -0.1) is 0 Å². The second-order valence-corrected chi connectivity index (χ2v) is 6.90. The molecule has 146 valence electrons. The van der Waals surface area contributed by atoms with Crippen LogP contribution in [0.2, 0.25) is 0 Å². The van der Waals surface area contributed by atoms with E-state index in [0.717, 1.165) is 31.7 Å². The minimum absolute atomic E-state index is 0.0174. The molecular weight excluding hydrogens is 359 g/mol. The molecule has 1 aliphatic rings. The van der Waals surface area contributed by atoms with E-state index >= 15 is 0 Å². The number of hydrogen-bond donors (Lipinski definition) is 1. The topological polar surface area (TPSA) is 78.2 Å². The van der Waals surface area contributed by atoms with Crippen molar-refractivity contribution in [2.24, 2.45) is 5.92 Å². The van der Waals surface area contributed by atoms with Crippen molar-refractivity contribution in [1.82, 2.24) is 10.3 Å². The largest absolute Gasteiger partial charge is 0.494 e. The SMILES string of the molecule is COc1ccc([C@@H](C)NC(=O)C2CCN(c3ccc(C#N)cn3)CC2)cc1F. The number of amides is 1. The first kappa shape index (κ1) is 19.6. The number of anilines is 1. The zero-order valence-electron chi connectivity index (χ0n) is 16.0. The lowest BCUT2D eigenvalue weighted by Crippen LogP contribution is -2.41. The smallest absolute Gasteiger partial charge is 0.223 e. The predicted molar refractivity (Wildman–Crippen MR) is 103 cm³/mol. The molecule has 1 aliphatic heterocycles. The van der Waals surface area contributed by atoms with Crippen molar-refractivity contribution in [3.8, 4) is 11.8 Å². The van der Waals surface area contributed by atoms with Gasteiger partial charge in [-0.05, 0) is 49.6 Å². The van der Waals surface area contributed by atoms with Crippen LogP contribution in [0, 0.1) is 23.1 Å². The molecule has 0 aliphatic carbocycles. The average Bonchev–Trinajstić information content (AvgIpc) is 2.73. The molecule has 28 heavy (non-hydrogen) atoms. The molecule has 0 radical (unpaired) electrons. The van der Waals surface area contributed by atoms with Crippen LogP contribution in [0.1, 0.15) is 36.9 Å². The lowest BCUT2D eigenvalue weighted by molar-refractivity contribution is -0.126.